The summed E-state index contributed by atoms with van der Waals surface area (Å²) in [6, 6.07) is 5.69. The van der Waals surface area contributed by atoms with E-state index in [9.17, 15) is 4.79 Å². The first kappa shape index (κ1) is 19.4. The highest BCUT2D eigenvalue weighted by molar-refractivity contribution is 6.31. The van der Waals surface area contributed by atoms with Crippen molar-refractivity contribution in [2.24, 2.45) is 16.8 Å². The van der Waals surface area contributed by atoms with Gasteiger partial charge in [0.25, 0.3) is 0 Å². The van der Waals surface area contributed by atoms with Crippen LogP contribution in [0.3, 0.4) is 0 Å². The number of ether oxygens (including phenoxy) is 2. The maximum absolute atomic E-state index is 11.8. The van der Waals surface area contributed by atoms with Crippen LogP contribution in [0.25, 0.3) is 0 Å². The molecule has 6 nitrogen and oxygen atoms in total. The van der Waals surface area contributed by atoms with Crippen LogP contribution in [-0.4, -0.2) is 57.7 Å². The predicted molar refractivity (Wildman–Crippen MR) is 99.3 cm³/mol. The van der Waals surface area contributed by atoms with Gasteiger partial charge in [-0.1, -0.05) is 24.6 Å². The number of nitrogens with one attached hydrogen (secondary N) is 1. The maximum Gasteiger partial charge on any atom is 0.310 e. The van der Waals surface area contributed by atoms with Gasteiger partial charge in [-0.2, -0.15) is 0 Å². The van der Waals surface area contributed by atoms with Gasteiger partial charge in [-0.15, -0.1) is 0 Å². The Bertz CT molecular complexity index is 636. The van der Waals surface area contributed by atoms with E-state index in [1.54, 1.807) is 14.2 Å². The van der Waals surface area contributed by atoms with Crippen LogP contribution in [0.1, 0.15) is 12.5 Å². The van der Waals surface area contributed by atoms with Crippen LogP contribution >= 0.6 is 11.6 Å². The first-order chi connectivity index (χ1) is 12.0. The molecule has 0 spiro atoms. The summed E-state index contributed by atoms with van der Waals surface area (Å²) in [4.78, 5) is 18.3. The lowest BCUT2D eigenvalue weighted by atomic mass is 9.99. The zero-order valence-corrected chi connectivity index (χ0v) is 16.0. The quantitative estimate of drug-likeness (QED) is 0.491. The number of methoxy groups -OCH3 is 2. The van der Waals surface area contributed by atoms with Crippen LogP contribution in [0.4, 0.5) is 0 Å². The lowest BCUT2D eigenvalue weighted by Gasteiger charge is -2.21. The summed E-state index contributed by atoms with van der Waals surface area (Å²) in [5.74, 6) is 1.51. The molecule has 0 aliphatic carbocycles. The van der Waals surface area contributed by atoms with Gasteiger partial charge in [0, 0.05) is 31.7 Å². The normalized spacial score (nSPS) is 20.5. The molecule has 1 aliphatic heterocycles. The molecule has 0 bridgehead atoms. The van der Waals surface area contributed by atoms with Gasteiger partial charge in [-0.05, 0) is 30.0 Å². The highest BCUT2D eigenvalue weighted by atomic mass is 35.5. The molecular formula is C18H26ClN3O3. The van der Waals surface area contributed by atoms with Crippen molar-refractivity contribution < 1.29 is 14.3 Å². The first-order valence-electron chi connectivity index (χ1n) is 8.36. The van der Waals surface area contributed by atoms with Gasteiger partial charge >= 0.3 is 5.97 Å². The molecule has 2 rings (SSSR count). The highest BCUT2D eigenvalue weighted by Crippen LogP contribution is 2.24. The number of carbonyl (C=O) groups is 1. The average molecular weight is 368 g/mol. The molecule has 7 heteroatoms. The van der Waals surface area contributed by atoms with Crippen LogP contribution in [0.5, 0.6) is 5.75 Å². The zero-order chi connectivity index (χ0) is 18.4. The highest BCUT2D eigenvalue weighted by Gasteiger charge is 2.36. The van der Waals surface area contributed by atoms with E-state index in [0.717, 1.165) is 30.2 Å². The summed E-state index contributed by atoms with van der Waals surface area (Å²) < 4.78 is 10.0. The minimum absolute atomic E-state index is 0.111. The minimum atomic E-state index is -0.157. The third-order valence-electron chi connectivity index (χ3n) is 4.57. The number of benzene rings is 1. The number of halogens is 1. The van der Waals surface area contributed by atoms with Gasteiger partial charge in [0.1, 0.15) is 5.75 Å². The molecule has 25 heavy (non-hydrogen) atoms. The number of nitrogens with zero attached hydrogens (tertiary/aromatic N) is 2. The number of likely N-dealkylation sites (tertiary alicyclic amines) is 1. The molecule has 0 amide bonds. The summed E-state index contributed by atoms with van der Waals surface area (Å²) >= 11 is 6.27. The van der Waals surface area contributed by atoms with Crippen molar-refractivity contribution >= 4 is 23.5 Å². The van der Waals surface area contributed by atoms with Gasteiger partial charge < -0.3 is 19.7 Å². The molecule has 1 aromatic rings. The lowest BCUT2D eigenvalue weighted by molar-refractivity contribution is -0.145. The smallest absolute Gasteiger partial charge is 0.310 e. The standard InChI is InChI=1S/C18H26ClN3O3/c1-12-10-22(11-15(12)17(23)25-4)18(20-2)21-8-7-13-5-6-14(24-3)9-16(13)19/h5-6,9,12,15H,7-8,10-11H2,1-4H3,(H,20,21). The number of carbonyl (C=O) groups excluding carboxylic acids is 1. The molecule has 2 atom stereocenters. The molecule has 1 heterocycles. The third-order valence-corrected chi connectivity index (χ3v) is 4.92. The van der Waals surface area contributed by atoms with Gasteiger partial charge in [0.15, 0.2) is 5.96 Å². The molecular weight excluding hydrogens is 342 g/mol. The summed E-state index contributed by atoms with van der Waals surface area (Å²) in [5, 5.41) is 4.04. The largest absolute Gasteiger partial charge is 0.497 e. The molecule has 1 saturated heterocycles. The Morgan fingerprint density at radius 3 is 2.76 bits per heavy atom. The Labute approximate surface area is 154 Å². The van der Waals surface area contributed by atoms with Crippen molar-refractivity contribution in [2.75, 3.05) is 40.9 Å². The van der Waals surface area contributed by atoms with E-state index in [-0.39, 0.29) is 17.8 Å². The SMILES string of the molecule is CN=C(NCCc1ccc(OC)cc1Cl)N1CC(C)C(C(=O)OC)C1. The lowest BCUT2D eigenvalue weighted by Crippen LogP contribution is -2.41. The average Bonchev–Trinajstić information content (AvgIpc) is 3.00. The van der Waals surface area contributed by atoms with Gasteiger partial charge in [0.2, 0.25) is 0 Å². The van der Waals surface area contributed by atoms with Crippen LogP contribution < -0.4 is 10.1 Å². The van der Waals surface area contributed by atoms with E-state index in [0.29, 0.717) is 18.1 Å². The van der Waals surface area contributed by atoms with Crippen molar-refractivity contribution in [2.45, 2.75) is 13.3 Å². The Kier molecular flexibility index (Phi) is 6.93. The molecule has 1 aromatic carbocycles. The molecule has 0 radical (unpaired) electrons. The Morgan fingerprint density at radius 1 is 1.40 bits per heavy atom. The summed E-state index contributed by atoms with van der Waals surface area (Å²) in [6.07, 6.45) is 0.770. The Balaban J connectivity index is 1.90. The number of esters is 1. The zero-order valence-electron chi connectivity index (χ0n) is 15.2. The summed E-state index contributed by atoms with van der Waals surface area (Å²) in [5.41, 5.74) is 1.05. The fraction of sp³-hybridized carbons (Fsp3) is 0.556. The summed E-state index contributed by atoms with van der Waals surface area (Å²) in [7, 11) is 4.80. The maximum atomic E-state index is 11.8. The van der Waals surface area contributed by atoms with E-state index in [1.165, 1.54) is 7.11 Å². The molecule has 0 saturated carbocycles. The van der Waals surface area contributed by atoms with Gasteiger partial charge in [-0.25, -0.2) is 0 Å². The molecule has 1 aliphatic rings. The molecule has 1 fully saturated rings. The van der Waals surface area contributed by atoms with Gasteiger partial charge in [-0.3, -0.25) is 9.79 Å². The van der Waals surface area contributed by atoms with Gasteiger partial charge in [0.05, 0.1) is 20.1 Å². The Morgan fingerprint density at radius 2 is 2.16 bits per heavy atom. The molecule has 138 valence electrons. The predicted octanol–water partition coefficient (Wildman–Crippen LogP) is 2.21. The van der Waals surface area contributed by atoms with Crippen molar-refractivity contribution in [1.82, 2.24) is 10.2 Å². The summed E-state index contributed by atoms with van der Waals surface area (Å²) in [6.45, 7) is 4.16. The number of guanidine groups is 1. The topological polar surface area (TPSA) is 63.2 Å². The van der Waals surface area contributed by atoms with E-state index in [1.807, 2.05) is 18.2 Å². The Hall–Kier alpha value is -1.95. The fourth-order valence-electron chi connectivity index (χ4n) is 3.10. The van der Waals surface area contributed by atoms with Crippen molar-refractivity contribution in [3.05, 3.63) is 28.8 Å². The molecule has 1 N–H and O–H groups in total. The number of rotatable bonds is 5. The molecule has 0 aromatic heterocycles. The monoisotopic (exact) mass is 367 g/mol. The van der Waals surface area contributed by atoms with Crippen LogP contribution in [0.15, 0.2) is 23.2 Å². The number of hydrogen-bond donors (Lipinski definition) is 1. The molecule has 2 unspecified atom stereocenters. The minimum Gasteiger partial charge on any atom is -0.497 e. The van der Waals surface area contributed by atoms with Crippen LogP contribution in [-0.2, 0) is 16.0 Å². The van der Waals surface area contributed by atoms with E-state index in [4.69, 9.17) is 21.1 Å². The first-order valence-corrected chi connectivity index (χ1v) is 8.73. The van der Waals surface area contributed by atoms with E-state index >= 15 is 0 Å². The van der Waals surface area contributed by atoms with Crippen LogP contribution in [0.2, 0.25) is 5.02 Å². The van der Waals surface area contributed by atoms with E-state index in [2.05, 4.69) is 22.1 Å². The fourth-order valence-corrected chi connectivity index (χ4v) is 3.36. The number of hydrogen-bond acceptors (Lipinski definition) is 4. The second-order valence-electron chi connectivity index (χ2n) is 6.19. The van der Waals surface area contributed by atoms with E-state index < -0.39 is 0 Å². The third kappa shape index (κ3) is 4.78. The second kappa shape index (κ2) is 8.94. The van der Waals surface area contributed by atoms with Crippen molar-refractivity contribution in [1.29, 1.82) is 0 Å². The van der Waals surface area contributed by atoms with Crippen LogP contribution in [0, 0.1) is 11.8 Å². The second-order valence-corrected chi connectivity index (χ2v) is 6.60. The number of aliphatic imine (C=N–C) groups is 1. The van der Waals surface area contributed by atoms with Crippen molar-refractivity contribution in [3.8, 4) is 5.75 Å². The van der Waals surface area contributed by atoms with Crippen molar-refractivity contribution in [3.63, 3.8) is 0 Å².